The first-order chi connectivity index (χ1) is 12.7. The van der Waals surface area contributed by atoms with E-state index in [1.807, 2.05) is 70.4 Å². The van der Waals surface area contributed by atoms with E-state index in [1.165, 1.54) is 0 Å². The summed E-state index contributed by atoms with van der Waals surface area (Å²) in [5.41, 5.74) is 0.751. The van der Waals surface area contributed by atoms with Crippen LogP contribution >= 0.6 is 22.6 Å². The zero-order valence-corrected chi connectivity index (χ0v) is 16.3. The molecule has 26 heavy (non-hydrogen) atoms. The van der Waals surface area contributed by atoms with Gasteiger partial charge in [-0.15, -0.1) is 10.2 Å². The van der Waals surface area contributed by atoms with E-state index in [2.05, 4.69) is 37.7 Å². The summed E-state index contributed by atoms with van der Waals surface area (Å²) in [6.07, 6.45) is 3.89. The molecule has 2 aromatic heterocycles. The fraction of sp³-hybridized carbons (Fsp3) is 0.211. The molecule has 3 heterocycles. The third kappa shape index (κ3) is 3.57. The van der Waals surface area contributed by atoms with Gasteiger partial charge in [-0.1, -0.05) is 6.07 Å². The van der Waals surface area contributed by atoms with Crippen LogP contribution in [0, 0.1) is 3.57 Å². The number of rotatable bonds is 3. The lowest BCUT2D eigenvalue weighted by Gasteiger charge is -2.35. The quantitative estimate of drug-likeness (QED) is 0.566. The standard InChI is InChI=1S/C19H18IN5O/c20-16-5-3-4-15(14-16)19(26)25-12-10-24(11-13-25)18-7-6-17(21-22-18)23-8-1-2-9-23/h1-9,14H,10-13H2. The molecule has 1 aliphatic heterocycles. The number of piperazine rings is 1. The van der Waals surface area contributed by atoms with Gasteiger partial charge in [-0.2, -0.15) is 0 Å². The van der Waals surface area contributed by atoms with E-state index in [9.17, 15) is 4.79 Å². The highest BCUT2D eigenvalue weighted by molar-refractivity contribution is 14.1. The van der Waals surface area contributed by atoms with Crippen molar-refractivity contribution < 1.29 is 4.79 Å². The average Bonchev–Trinajstić information content (AvgIpc) is 3.23. The van der Waals surface area contributed by atoms with E-state index in [0.717, 1.165) is 33.9 Å². The summed E-state index contributed by atoms with van der Waals surface area (Å²) in [6, 6.07) is 15.6. The van der Waals surface area contributed by atoms with Gasteiger partial charge in [-0.25, -0.2) is 0 Å². The summed E-state index contributed by atoms with van der Waals surface area (Å²) in [6.45, 7) is 2.89. The Kier molecular flexibility index (Phi) is 4.87. The molecule has 0 spiro atoms. The van der Waals surface area contributed by atoms with Crippen molar-refractivity contribution in [2.45, 2.75) is 0 Å². The maximum absolute atomic E-state index is 12.6. The van der Waals surface area contributed by atoms with Gasteiger partial charge in [0.1, 0.15) is 0 Å². The largest absolute Gasteiger partial charge is 0.352 e. The van der Waals surface area contributed by atoms with Crippen LogP contribution in [-0.2, 0) is 0 Å². The highest BCUT2D eigenvalue weighted by Gasteiger charge is 2.23. The molecule has 1 saturated heterocycles. The van der Waals surface area contributed by atoms with Crippen LogP contribution in [0.3, 0.4) is 0 Å². The topological polar surface area (TPSA) is 54.3 Å². The fourth-order valence-corrected chi connectivity index (χ4v) is 3.60. The Hall–Kier alpha value is -2.42. The van der Waals surface area contributed by atoms with Gasteiger partial charge < -0.3 is 14.4 Å². The van der Waals surface area contributed by atoms with Crippen molar-refractivity contribution in [3.8, 4) is 5.82 Å². The maximum atomic E-state index is 12.6. The zero-order chi connectivity index (χ0) is 17.9. The van der Waals surface area contributed by atoms with Crippen LogP contribution in [0.1, 0.15) is 10.4 Å². The van der Waals surface area contributed by atoms with Crippen LogP contribution in [0.2, 0.25) is 0 Å². The molecule has 0 atom stereocenters. The molecule has 132 valence electrons. The third-order valence-electron chi connectivity index (χ3n) is 4.47. The van der Waals surface area contributed by atoms with Crippen LogP contribution in [0.15, 0.2) is 60.9 Å². The first kappa shape index (κ1) is 17.0. The predicted molar refractivity (Wildman–Crippen MR) is 109 cm³/mol. The minimum absolute atomic E-state index is 0.0946. The Bertz CT molecular complexity index is 887. The lowest BCUT2D eigenvalue weighted by molar-refractivity contribution is 0.0746. The van der Waals surface area contributed by atoms with Gasteiger partial charge in [0, 0.05) is 47.7 Å². The molecular weight excluding hydrogens is 441 g/mol. The summed E-state index contributed by atoms with van der Waals surface area (Å²) >= 11 is 2.23. The second-order valence-electron chi connectivity index (χ2n) is 6.13. The number of benzene rings is 1. The molecule has 3 aromatic rings. The summed E-state index contributed by atoms with van der Waals surface area (Å²) in [5.74, 6) is 1.74. The normalized spacial score (nSPS) is 14.5. The molecule has 1 aliphatic rings. The minimum Gasteiger partial charge on any atom is -0.352 e. The molecule has 0 unspecified atom stereocenters. The third-order valence-corrected chi connectivity index (χ3v) is 5.14. The molecule has 1 aromatic carbocycles. The number of amides is 1. The predicted octanol–water partition coefficient (Wildman–Crippen LogP) is 2.83. The average molecular weight is 459 g/mol. The SMILES string of the molecule is O=C(c1cccc(I)c1)N1CCN(c2ccc(-n3cccc3)nn2)CC1. The van der Waals surface area contributed by atoms with Crippen LogP contribution in [0.25, 0.3) is 5.82 Å². The van der Waals surface area contributed by atoms with Gasteiger partial charge >= 0.3 is 0 Å². The first-order valence-electron chi connectivity index (χ1n) is 8.47. The Morgan fingerprint density at radius 1 is 0.885 bits per heavy atom. The van der Waals surface area contributed by atoms with Crippen LogP contribution in [0.5, 0.6) is 0 Å². The number of carbonyl (C=O) groups excluding carboxylic acids is 1. The number of hydrogen-bond donors (Lipinski definition) is 0. The number of halogens is 1. The van der Waals surface area contributed by atoms with Crippen LogP contribution < -0.4 is 4.90 Å². The number of carbonyl (C=O) groups is 1. The van der Waals surface area contributed by atoms with Crippen molar-refractivity contribution in [1.29, 1.82) is 0 Å². The smallest absolute Gasteiger partial charge is 0.254 e. The number of anilines is 1. The van der Waals surface area contributed by atoms with E-state index < -0.39 is 0 Å². The molecule has 0 aliphatic carbocycles. The van der Waals surface area contributed by atoms with Gasteiger partial charge in [0.2, 0.25) is 0 Å². The first-order valence-corrected chi connectivity index (χ1v) is 9.55. The van der Waals surface area contributed by atoms with Gasteiger partial charge in [0.05, 0.1) is 0 Å². The van der Waals surface area contributed by atoms with Crippen molar-refractivity contribution >= 4 is 34.3 Å². The van der Waals surface area contributed by atoms with Crippen molar-refractivity contribution in [3.05, 3.63) is 70.1 Å². The molecule has 1 amide bonds. The second-order valence-corrected chi connectivity index (χ2v) is 7.38. The van der Waals surface area contributed by atoms with E-state index in [-0.39, 0.29) is 5.91 Å². The molecule has 1 fully saturated rings. The second kappa shape index (κ2) is 7.45. The molecule has 0 bridgehead atoms. The summed E-state index contributed by atoms with van der Waals surface area (Å²) in [4.78, 5) is 16.7. The Morgan fingerprint density at radius 2 is 1.58 bits per heavy atom. The van der Waals surface area contributed by atoms with Crippen molar-refractivity contribution in [2.24, 2.45) is 0 Å². The van der Waals surface area contributed by atoms with E-state index in [0.29, 0.717) is 13.1 Å². The molecule has 0 N–H and O–H groups in total. The fourth-order valence-electron chi connectivity index (χ4n) is 3.05. The molecule has 0 radical (unpaired) electrons. The Labute approximate surface area is 165 Å². The van der Waals surface area contributed by atoms with Gasteiger partial charge in [0.25, 0.3) is 5.91 Å². The van der Waals surface area contributed by atoms with Crippen LogP contribution in [0.4, 0.5) is 5.82 Å². The summed E-state index contributed by atoms with van der Waals surface area (Å²) in [7, 11) is 0. The number of aromatic nitrogens is 3. The lowest BCUT2D eigenvalue weighted by atomic mass is 10.2. The van der Waals surface area contributed by atoms with Gasteiger partial charge in [0.15, 0.2) is 11.6 Å². The van der Waals surface area contributed by atoms with Crippen molar-refractivity contribution in [1.82, 2.24) is 19.7 Å². The van der Waals surface area contributed by atoms with E-state index in [1.54, 1.807) is 0 Å². The molecule has 4 rings (SSSR count). The minimum atomic E-state index is 0.0946. The van der Waals surface area contributed by atoms with E-state index in [4.69, 9.17) is 0 Å². The number of hydrogen-bond acceptors (Lipinski definition) is 4. The Morgan fingerprint density at radius 3 is 2.23 bits per heavy atom. The lowest BCUT2D eigenvalue weighted by Crippen LogP contribution is -2.49. The highest BCUT2D eigenvalue weighted by Crippen LogP contribution is 2.16. The molecule has 0 saturated carbocycles. The summed E-state index contributed by atoms with van der Waals surface area (Å²) in [5, 5.41) is 8.65. The van der Waals surface area contributed by atoms with Crippen molar-refractivity contribution in [3.63, 3.8) is 0 Å². The summed E-state index contributed by atoms with van der Waals surface area (Å²) < 4.78 is 3.00. The molecular formula is C19H18IN5O. The number of nitrogens with zero attached hydrogens (tertiary/aromatic N) is 5. The molecule has 6 nitrogen and oxygen atoms in total. The zero-order valence-electron chi connectivity index (χ0n) is 14.1. The molecule has 7 heteroatoms. The van der Waals surface area contributed by atoms with Crippen LogP contribution in [-0.4, -0.2) is 51.8 Å². The van der Waals surface area contributed by atoms with Crippen molar-refractivity contribution in [2.75, 3.05) is 31.1 Å². The maximum Gasteiger partial charge on any atom is 0.254 e. The highest BCUT2D eigenvalue weighted by atomic mass is 127. The Balaban J connectivity index is 1.39. The van der Waals surface area contributed by atoms with Gasteiger partial charge in [-0.3, -0.25) is 4.79 Å². The monoisotopic (exact) mass is 459 g/mol. The van der Waals surface area contributed by atoms with E-state index >= 15 is 0 Å². The van der Waals surface area contributed by atoms with Gasteiger partial charge in [-0.05, 0) is 65.1 Å².